The number of rotatable bonds is 8. The zero-order valence-electron chi connectivity index (χ0n) is 19.1. The van der Waals surface area contributed by atoms with Gasteiger partial charge in [0.05, 0.1) is 6.10 Å². The summed E-state index contributed by atoms with van der Waals surface area (Å²) in [7, 11) is 0. The van der Waals surface area contributed by atoms with E-state index in [0.29, 0.717) is 6.10 Å². The van der Waals surface area contributed by atoms with Crippen LogP contribution in [0.3, 0.4) is 0 Å². The number of nitrogens with zero attached hydrogens (tertiary/aromatic N) is 5. The largest absolute Gasteiger partial charge is 0.376 e. The minimum Gasteiger partial charge on any atom is -0.376 e. The molecule has 1 fully saturated rings. The summed E-state index contributed by atoms with van der Waals surface area (Å²) in [4.78, 5) is 4.26. The first-order chi connectivity index (χ1) is 16.2. The molecule has 3 aromatic heterocycles. The van der Waals surface area contributed by atoms with Gasteiger partial charge in [-0.2, -0.15) is 0 Å². The lowest BCUT2D eigenvalue weighted by Crippen LogP contribution is -2.17. The van der Waals surface area contributed by atoms with E-state index in [1.165, 1.54) is 23.4 Å². The number of aryl methyl sites for hydroxylation is 2. The topological polar surface area (TPSA) is 57.8 Å². The van der Waals surface area contributed by atoms with Crippen LogP contribution in [0.1, 0.15) is 29.8 Å². The van der Waals surface area contributed by atoms with Crippen LogP contribution in [0.5, 0.6) is 0 Å². The Bertz CT molecular complexity index is 1200. The van der Waals surface area contributed by atoms with Gasteiger partial charge < -0.3 is 9.30 Å². The van der Waals surface area contributed by atoms with Crippen molar-refractivity contribution in [1.82, 2.24) is 24.3 Å². The van der Waals surface area contributed by atoms with E-state index in [1.807, 2.05) is 36.5 Å². The average molecular weight is 460 g/mol. The summed E-state index contributed by atoms with van der Waals surface area (Å²) in [5, 5.41) is 9.95. The first kappa shape index (κ1) is 21.9. The van der Waals surface area contributed by atoms with E-state index in [2.05, 4.69) is 56.4 Å². The maximum atomic E-state index is 5.86. The van der Waals surface area contributed by atoms with Crippen LogP contribution in [0.15, 0.2) is 66.1 Å². The molecular weight excluding hydrogens is 430 g/mol. The Labute approximate surface area is 199 Å². The van der Waals surface area contributed by atoms with Gasteiger partial charge in [-0.15, -0.1) is 10.2 Å². The smallest absolute Gasteiger partial charge is 0.196 e. The summed E-state index contributed by atoms with van der Waals surface area (Å²) >= 11 is 1.74. The molecule has 33 heavy (non-hydrogen) atoms. The predicted octanol–water partition coefficient (Wildman–Crippen LogP) is 5.26. The molecule has 1 aliphatic heterocycles. The Balaban J connectivity index is 1.34. The van der Waals surface area contributed by atoms with Crippen LogP contribution >= 0.6 is 11.8 Å². The molecule has 1 aliphatic rings. The summed E-state index contributed by atoms with van der Waals surface area (Å²) in [5.41, 5.74) is 6.08. The Morgan fingerprint density at radius 3 is 2.73 bits per heavy atom. The molecular formula is C26H29N5OS. The minimum atomic E-state index is 0.354. The van der Waals surface area contributed by atoms with E-state index >= 15 is 0 Å². The molecule has 4 aromatic rings. The van der Waals surface area contributed by atoms with Gasteiger partial charge in [0, 0.05) is 53.9 Å². The minimum absolute atomic E-state index is 0.354. The van der Waals surface area contributed by atoms with Gasteiger partial charge in [0.2, 0.25) is 0 Å². The molecule has 4 heterocycles. The fourth-order valence-corrected chi connectivity index (χ4v) is 5.43. The fourth-order valence-electron chi connectivity index (χ4n) is 4.51. The Kier molecular flexibility index (Phi) is 6.60. The Hall–Kier alpha value is -2.90. The van der Waals surface area contributed by atoms with Crippen LogP contribution in [0.2, 0.25) is 0 Å². The van der Waals surface area contributed by atoms with E-state index in [4.69, 9.17) is 4.74 Å². The number of hydrogen-bond donors (Lipinski definition) is 0. The van der Waals surface area contributed by atoms with Gasteiger partial charge in [-0.05, 0) is 69.0 Å². The monoisotopic (exact) mass is 459 g/mol. The number of thioether (sulfide) groups is 1. The van der Waals surface area contributed by atoms with E-state index in [1.54, 1.807) is 18.0 Å². The van der Waals surface area contributed by atoms with Gasteiger partial charge >= 0.3 is 0 Å². The third-order valence-corrected chi connectivity index (χ3v) is 7.19. The number of para-hydroxylation sites is 1. The lowest BCUT2D eigenvalue weighted by atomic mass is 10.2. The predicted molar refractivity (Wildman–Crippen MR) is 132 cm³/mol. The van der Waals surface area contributed by atoms with Crippen molar-refractivity contribution in [3.05, 3.63) is 77.9 Å². The zero-order valence-corrected chi connectivity index (χ0v) is 20.0. The fraction of sp³-hybridized carbons (Fsp3) is 0.346. The molecule has 1 atom stereocenters. The molecule has 0 aliphatic carbocycles. The average Bonchev–Trinajstić information content (AvgIpc) is 3.57. The van der Waals surface area contributed by atoms with Crippen LogP contribution in [-0.4, -0.2) is 42.8 Å². The maximum Gasteiger partial charge on any atom is 0.196 e. The molecule has 0 bridgehead atoms. The van der Waals surface area contributed by atoms with Gasteiger partial charge in [0.25, 0.3) is 0 Å². The summed E-state index contributed by atoms with van der Waals surface area (Å²) in [5.74, 6) is 1.74. The summed E-state index contributed by atoms with van der Waals surface area (Å²) in [6.45, 7) is 6.29. The quantitative estimate of drug-likeness (QED) is 0.336. The molecule has 0 amide bonds. The molecule has 0 saturated carbocycles. The van der Waals surface area contributed by atoms with E-state index < -0.39 is 0 Å². The van der Waals surface area contributed by atoms with Crippen molar-refractivity contribution in [3.63, 3.8) is 0 Å². The molecule has 0 N–H and O–H groups in total. The SMILES string of the molecule is Cc1cc(CCSc2nnc(-c3cccnc3)n2-c2ccccc2)c(C)n1CC1CCCO1. The molecule has 0 radical (unpaired) electrons. The summed E-state index contributed by atoms with van der Waals surface area (Å²) < 4.78 is 10.4. The normalized spacial score (nSPS) is 15.9. The number of pyridine rings is 1. The summed E-state index contributed by atoms with van der Waals surface area (Å²) in [6, 6.07) is 16.6. The number of benzene rings is 1. The van der Waals surface area contributed by atoms with Gasteiger partial charge in [0.15, 0.2) is 11.0 Å². The van der Waals surface area contributed by atoms with Crippen molar-refractivity contribution in [1.29, 1.82) is 0 Å². The second-order valence-electron chi connectivity index (χ2n) is 8.46. The van der Waals surface area contributed by atoms with E-state index in [0.717, 1.165) is 54.0 Å². The standard InChI is InChI=1S/C26H29N5OS/c1-19-16-21(20(2)30(19)18-24-11-7-14-32-24)12-15-33-26-29-28-25(22-8-6-13-27-17-22)31(26)23-9-4-3-5-10-23/h3-6,8-10,13,16-17,24H,7,11-12,14-15,18H2,1-2H3. The van der Waals surface area contributed by atoms with E-state index in [9.17, 15) is 0 Å². The molecule has 1 aromatic carbocycles. The van der Waals surface area contributed by atoms with Crippen LogP contribution in [-0.2, 0) is 17.7 Å². The van der Waals surface area contributed by atoms with Crippen molar-refractivity contribution in [3.8, 4) is 17.1 Å². The molecule has 1 saturated heterocycles. The van der Waals surface area contributed by atoms with Gasteiger partial charge in [-0.3, -0.25) is 9.55 Å². The molecule has 6 nitrogen and oxygen atoms in total. The first-order valence-electron chi connectivity index (χ1n) is 11.5. The summed E-state index contributed by atoms with van der Waals surface area (Å²) in [6.07, 6.45) is 7.29. The van der Waals surface area contributed by atoms with Crippen molar-refractivity contribution >= 4 is 11.8 Å². The van der Waals surface area contributed by atoms with E-state index in [-0.39, 0.29) is 0 Å². The first-order valence-corrected chi connectivity index (χ1v) is 12.5. The number of aromatic nitrogens is 5. The molecule has 7 heteroatoms. The highest BCUT2D eigenvalue weighted by atomic mass is 32.2. The van der Waals surface area contributed by atoms with Crippen molar-refractivity contribution in [2.45, 2.75) is 50.9 Å². The highest BCUT2D eigenvalue weighted by molar-refractivity contribution is 7.99. The lowest BCUT2D eigenvalue weighted by Gasteiger charge is -2.15. The second-order valence-corrected chi connectivity index (χ2v) is 9.52. The molecule has 0 spiro atoms. The molecule has 1 unspecified atom stereocenters. The molecule has 5 rings (SSSR count). The maximum absolute atomic E-state index is 5.86. The number of ether oxygens (including phenoxy) is 1. The zero-order chi connectivity index (χ0) is 22.6. The van der Waals surface area contributed by atoms with Gasteiger partial charge in [-0.1, -0.05) is 30.0 Å². The molecule has 170 valence electrons. The Morgan fingerprint density at radius 2 is 1.97 bits per heavy atom. The lowest BCUT2D eigenvalue weighted by molar-refractivity contribution is 0.0961. The van der Waals surface area contributed by atoms with Crippen LogP contribution in [0.4, 0.5) is 0 Å². The van der Waals surface area contributed by atoms with Gasteiger partial charge in [-0.25, -0.2) is 0 Å². The second kappa shape index (κ2) is 9.93. The number of hydrogen-bond acceptors (Lipinski definition) is 5. The highest BCUT2D eigenvalue weighted by Gasteiger charge is 2.20. The van der Waals surface area contributed by atoms with Crippen LogP contribution in [0.25, 0.3) is 17.1 Å². The van der Waals surface area contributed by atoms with Crippen LogP contribution in [0, 0.1) is 13.8 Å². The van der Waals surface area contributed by atoms with Crippen LogP contribution < -0.4 is 0 Å². The highest BCUT2D eigenvalue weighted by Crippen LogP contribution is 2.29. The third kappa shape index (κ3) is 4.75. The Morgan fingerprint density at radius 1 is 1.09 bits per heavy atom. The third-order valence-electron chi connectivity index (χ3n) is 6.26. The van der Waals surface area contributed by atoms with Crippen molar-refractivity contribution in [2.75, 3.05) is 12.4 Å². The van der Waals surface area contributed by atoms with Crippen molar-refractivity contribution < 1.29 is 4.74 Å². The van der Waals surface area contributed by atoms with Crippen molar-refractivity contribution in [2.24, 2.45) is 0 Å². The van der Waals surface area contributed by atoms with Gasteiger partial charge in [0.1, 0.15) is 0 Å².